The number of hydrogen-bond donors (Lipinski definition) is 0. The summed E-state index contributed by atoms with van der Waals surface area (Å²) in [4.78, 5) is 11.0. The predicted molar refractivity (Wildman–Crippen MR) is 265 cm³/mol. The van der Waals surface area contributed by atoms with E-state index >= 15 is 0 Å². The van der Waals surface area contributed by atoms with E-state index in [1.54, 1.807) is 0 Å². The molecule has 0 fully saturated rings. The largest absolute Gasteiger partial charge is 0.309 e. The molecule has 14 rings (SSSR count). The maximum atomic E-state index is 5.50. The van der Waals surface area contributed by atoms with E-state index in [1.807, 2.05) is 0 Å². The van der Waals surface area contributed by atoms with Crippen molar-refractivity contribution in [1.29, 1.82) is 0 Å². The molecular weight excluding hydrogens is 781 g/mol. The molecule has 0 saturated carbocycles. The van der Waals surface area contributed by atoms with E-state index in [0.717, 1.165) is 58.0 Å². The third-order valence-electron chi connectivity index (χ3n) is 13.4. The first-order valence-corrected chi connectivity index (χ1v) is 22.1. The minimum Gasteiger partial charge on any atom is -0.309 e. The summed E-state index contributed by atoms with van der Waals surface area (Å²) in [5.41, 5.74) is 13.9. The first kappa shape index (κ1) is 35.2. The predicted octanol–water partition coefficient (Wildman–Crippen LogP) is 14.3. The van der Waals surface area contributed by atoms with E-state index in [2.05, 4.69) is 225 Å². The molecule has 6 heteroatoms. The van der Waals surface area contributed by atoms with Crippen LogP contribution in [0.2, 0.25) is 0 Å². The summed E-state index contributed by atoms with van der Waals surface area (Å²) >= 11 is 0. The van der Waals surface area contributed by atoms with E-state index in [0.29, 0.717) is 5.82 Å². The van der Waals surface area contributed by atoms with Gasteiger partial charge in [0.1, 0.15) is 11.6 Å². The zero-order valence-corrected chi connectivity index (χ0v) is 34.7. The first-order chi connectivity index (χ1) is 31.8. The average molecular weight is 819 g/mol. The van der Waals surface area contributed by atoms with Gasteiger partial charge in [0.2, 0.25) is 0 Å². The average Bonchev–Trinajstić information content (AvgIpc) is 4.09. The lowest BCUT2D eigenvalue weighted by Gasteiger charge is -2.15. The number of para-hydroxylation sites is 5. The molecule has 0 radical (unpaired) electrons. The molecule has 8 aromatic carbocycles. The van der Waals surface area contributed by atoms with E-state index in [4.69, 9.17) is 9.97 Å². The second-order valence-electron chi connectivity index (χ2n) is 16.9. The maximum absolute atomic E-state index is 5.50. The van der Waals surface area contributed by atoms with Gasteiger partial charge in [-0.2, -0.15) is 0 Å². The second-order valence-corrected chi connectivity index (χ2v) is 16.9. The lowest BCUT2D eigenvalue weighted by atomic mass is 9.99. The van der Waals surface area contributed by atoms with Gasteiger partial charge in [0.25, 0.3) is 0 Å². The van der Waals surface area contributed by atoms with Crippen molar-refractivity contribution in [2.24, 2.45) is 0 Å². The van der Waals surface area contributed by atoms with Crippen LogP contribution in [-0.2, 0) is 6.42 Å². The fourth-order valence-electron chi connectivity index (χ4n) is 10.8. The smallest absolute Gasteiger partial charge is 0.163 e. The number of fused-ring (bicyclic) bond motifs is 13. The Kier molecular flexibility index (Phi) is 7.42. The number of allylic oxidation sites excluding steroid dienone is 1. The Morgan fingerprint density at radius 1 is 0.375 bits per heavy atom. The minimum absolute atomic E-state index is 0.677. The third kappa shape index (κ3) is 4.96. The van der Waals surface area contributed by atoms with Crippen molar-refractivity contribution in [2.45, 2.75) is 12.8 Å². The van der Waals surface area contributed by atoms with Gasteiger partial charge < -0.3 is 9.13 Å². The van der Waals surface area contributed by atoms with E-state index in [1.165, 1.54) is 71.0 Å². The van der Waals surface area contributed by atoms with Gasteiger partial charge in [-0.1, -0.05) is 133 Å². The Bertz CT molecular complexity index is 4050. The van der Waals surface area contributed by atoms with Crippen molar-refractivity contribution >= 4 is 82.4 Å². The van der Waals surface area contributed by atoms with E-state index in [9.17, 15) is 0 Å². The maximum Gasteiger partial charge on any atom is 0.163 e. The Labute approximate surface area is 367 Å². The third-order valence-corrected chi connectivity index (χ3v) is 13.4. The van der Waals surface area contributed by atoms with Crippen LogP contribution >= 0.6 is 0 Å². The number of hydrogen-bond acceptors (Lipinski definition) is 2. The van der Waals surface area contributed by atoms with Gasteiger partial charge in [0, 0.05) is 60.7 Å². The molecule has 1 aliphatic rings. The second kappa shape index (κ2) is 13.5. The zero-order valence-electron chi connectivity index (χ0n) is 34.7. The summed E-state index contributed by atoms with van der Waals surface area (Å²) < 4.78 is 9.61. The molecule has 0 atom stereocenters. The SMILES string of the molecule is C1=Cc2c(c3c(ccc4c5ccccc5n(-c5ccccc5)c43)n2-c2cc(-n3c4ccccc4c4cc5c(cc43)c3ccccc3n5-c3ccccc3)nc(-c3ccccc3)n2)CC1. The molecule has 13 aromatic rings. The molecule has 0 saturated heterocycles. The highest BCUT2D eigenvalue weighted by Crippen LogP contribution is 2.44. The fraction of sp³-hybridized carbons (Fsp3) is 0.0345. The normalized spacial score (nSPS) is 12.8. The molecule has 0 N–H and O–H groups in total. The van der Waals surface area contributed by atoms with Crippen molar-refractivity contribution in [2.75, 3.05) is 0 Å². The molecule has 0 bridgehead atoms. The van der Waals surface area contributed by atoms with Crippen LogP contribution in [0.15, 0.2) is 200 Å². The van der Waals surface area contributed by atoms with Gasteiger partial charge in [-0.3, -0.25) is 9.13 Å². The van der Waals surface area contributed by atoms with Crippen LogP contribution in [0.5, 0.6) is 0 Å². The van der Waals surface area contributed by atoms with E-state index < -0.39 is 0 Å². The van der Waals surface area contributed by atoms with Crippen molar-refractivity contribution in [3.8, 4) is 34.4 Å². The van der Waals surface area contributed by atoms with Gasteiger partial charge in [-0.25, -0.2) is 9.97 Å². The summed E-state index contributed by atoms with van der Waals surface area (Å²) in [6, 6.07) is 69.8. The Hall–Kier alpha value is -8.48. The monoisotopic (exact) mass is 818 g/mol. The molecule has 0 spiro atoms. The van der Waals surface area contributed by atoms with Crippen LogP contribution in [-0.4, -0.2) is 28.2 Å². The number of nitrogens with zero attached hydrogens (tertiary/aromatic N) is 6. The van der Waals surface area contributed by atoms with Crippen LogP contribution < -0.4 is 0 Å². The van der Waals surface area contributed by atoms with E-state index in [-0.39, 0.29) is 0 Å². The van der Waals surface area contributed by atoms with Gasteiger partial charge in [0.05, 0.1) is 44.3 Å². The van der Waals surface area contributed by atoms with Crippen LogP contribution in [0.4, 0.5) is 0 Å². The Morgan fingerprint density at radius 3 is 1.55 bits per heavy atom. The molecule has 0 amide bonds. The quantitative estimate of drug-likeness (QED) is 0.174. The lowest BCUT2D eigenvalue weighted by Crippen LogP contribution is -2.08. The number of aromatic nitrogens is 6. The van der Waals surface area contributed by atoms with Crippen LogP contribution in [0.3, 0.4) is 0 Å². The molecule has 0 aliphatic heterocycles. The van der Waals surface area contributed by atoms with Gasteiger partial charge in [-0.05, 0) is 85.1 Å². The number of benzene rings is 8. The highest BCUT2D eigenvalue weighted by atomic mass is 15.2. The summed E-state index contributed by atoms with van der Waals surface area (Å²) in [5, 5.41) is 8.53. The molecule has 64 heavy (non-hydrogen) atoms. The van der Waals surface area contributed by atoms with Crippen molar-refractivity contribution in [3.05, 3.63) is 211 Å². The molecule has 5 heterocycles. The lowest BCUT2D eigenvalue weighted by molar-refractivity contribution is 0.936. The molecule has 6 nitrogen and oxygen atoms in total. The summed E-state index contributed by atoms with van der Waals surface area (Å²) in [6.07, 6.45) is 6.54. The molecule has 5 aromatic heterocycles. The number of aryl methyl sites for hydroxylation is 1. The highest BCUT2D eigenvalue weighted by Gasteiger charge is 2.27. The number of rotatable bonds is 5. The van der Waals surface area contributed by atoms with Crippen LogP contribution in [0.1, 0.15) is 17.7 Å². The Balaban J connectivity index is 1.09. The summed E-state index contributed by atoms with van der Waals surface area (Å²) in [5.74, 6) is 2.32. The Morgan fingerprint density at radius 2 is 0.891 bits per heavy atom. The summed E-state index contributed by atoms with van der Waals surface area (Å²) in [7, 11) is 0. The van der Waals surface area contributed by atoms with Gasteiger partial charge in [0.15, 0.2) is 5.82 Å². The first-order valence-electron chi connectivity index (χ1n) is 22.1. The minimum atomic E-state index is 0.677. The standard InChI is InChI=1S/C58H38N6/c1-4-18-37(19-5-1)58-59-54(63-50-31-17-13-27-44(50)56-51(63)33-32-43-40-24-10-15-29-48(40)62(57(43)56)39-22-8-3-9-23-39)36-55(60-58)64-49-30-16-12-26-42(49)46-34-52-45(35-53(46)64)41-25-11-14-28-47(41)61(52)38-20-6-2-7-21-38/h1-12,14-26,28-36H,13,27H2. The van der Waals surface area contributed by atoms with Crippen molar-refractivity contribution in [3.63, 3.8) is 0 Å². The van der Waals surface area contributed by atoms with Crippen LogP contribution in [0.25, 0.3) is 117 Å². The highest BCUT2D eigenvalue weighted by molar-refractivity contribution is 6.21. The van der Waals surface area contributed by atoms with Gasteiger partial charge >= 0.3 is 0 Å². The molecule has 300 valence electrons. The van der Waals surface area contributed by atoms with Crippen molar-refractivity contribution < 1.29 is 0 Å². The van der Waals surface area contributed by atoms with Crippen LogP contribution in [0, 0.1) is 0 Å². The molecular formula is C58H38N6. The fourth-order valence-corrected chi connectivity index (χ4v) is 10.8. The molecule has 1 aliphatic carbocycles. The topological polar surface area (TPSA) is 45.5 Å². The summed E-state index contributed by atoms with van der Waals surface area (Å²) in [6.45, 7) is 0. The zero-order chi connectivity index (χ0) is 41.9. The van der Waals surface area contributed by atoms with Crippen molar-refractivity contribution in [1.82, 2.24) is 28.2 Å². The molecule has 0 unspecified atom stereocenters. The van der Waals surface area contributed by atoms with Gasteiger partial charge in [-0.15, -0.1) is 0 Å².